The Balaban J connectivity index is 1.82. The SMILES string of the molecule is COc1ccc(N2C(=O)c3ccccc3NC23C(=O)Nc2ccccc23)c(OC)c1. The van der Waals surface area contributed by atoms with Crippen molar-refractivity contribution in [3.63, 3.8) is 0 Å². The highest BCUT2D eigenvalue weighted by Gasteiger charge is 2.57. The molecule has 2 N–H and O–H groups in total. The summed E-state index contributed by atoms with van der Waals surface area (Å²) in [4.78, 5) is 28.7. The van der Waals surface area contributed by atoms with Gasteiger partial charge in [-0.15, -0.1) is 0 Å². The lowest BCUT2D eigenvalue weighted by Gasteiger charge is -2.44. The van der Waals surface area contributed by atoms with E-state index in [1.807, 2.05) is 30.3 Å². The fraction of sp³-hybridized carbons (Fsp3) is 0.130. The minimum absolute atomic E-state index is 0.306. The number of amides is 2. The van der Waals surface area contributed by atoms with Crippen LogP contribution in [-0.2, 0) is 10.5 Å². The van der Waals surface area contributed by atoms with Crippen molar-refractivity contribution in [3.05, 3.63) is 77.9 Å². The summed E-state index contributed by atoms with van der Waals surface area (Å²) in [5, 5.41) is 6.25. The molecule has 2 aliphatic rings. The molecule has 0 radical (unpaired) electrons. The second kappa shape index (κ2) is 6.52. The van der Waals surface area contributed by atoms with Gasteiger partial charge < -0.3 is 20.1 Å². The van der Waals surface area contributed by atoms with Gasteiger partial charge in [0.05, 0.1) is 25.5 Å². The third kappa shape index (κ3) is 2.32. The van der Waals surface area contributed by atoms with Gasteiger partial charge in [-0.3, -0.25) is 14.5 Å². The fourth-order valence-electron chi connectivity index (χ4n) is 4.15. The molecule has 1 spiro atoms. The highest BCUT2D eigenvalue weighted by molar-refractivity contribution is 6.22. The van der Waals surface area contributed by atoms with Gasteiger partial charge >= 0.3 is 0 Å². The van der Waals surface area contributed by atoms with Crippen LogP contribution < -0.4 is 25.0 Å². The molecule has 150 valence electrons. The number of benzene rings is 3. The van der Waals surface area contributed by atoms with Crippen molar-refractivity contribution in [2.45, 2.75) is 5.66 Å². The van der Waals surface area contributed by atoms with E-state index in [2.05, 4.69) is 10.6 Å². The van der Waals surface area contributed by atoms with Crippen LogP contribution in [0.2, 0.25) is 0 Å². The molecule has 2 heterocycles. The third-order valence-electron chi connectivity index (χ3n) is 5.53. The van der Waals surface area contributed by atoms with Crippen LogP contribution in [-0.4, -0.2) is 26.0 Å². The van der Waals surface area contributed by atoms with Crippen LogP contribution in [0.5, 0.6) is 11.5 Å². The van der Waals surface area contributed by atoms with Crippen molar-refractivity contribution in [1.82, 2.24) is 0 Å². The van der Waals surface area contributed by atoms with Gasteiger partial charge in [0.25, 0.3) is 11.8 Å². The summed E-state index contributed by atoms with van der Waals surface area (Å²) in [6.45, 7) is 0. The molecule has 0 bridgehead atoms. The molecule has 0 fully saturated rings. The molecule has 30 heavy (non-hydrogen) atoms. The standard InChI is InChI=1S/C23H19N3O4/c1-29-14-11-12-19(20(13-14)30-2)26-21(27)15-7-3-5-9-17(15)25-23(26)16-8-4-6-10-18(16)24-22(23)28/h3-13,25H,1-2H3,(H,24,28). The topological polar surface area (TPSA) is 79.9 Å². The summed E-state index contributed by atoms with van der Waals surface area (Å²) >= 11 is 0. The van der Waals surface area contributed by atoms with Crippen molar-refractivity contribution in [2.75, 3.05) is 29.8 Å². The second-order valence-corrected chi connectivity index (χ2v) is 7.06. The Morgan fingerprint density at radius 2 is 1.60 bits per heavy atom. The lowest BCUT2D eigenvalue weighted by atomic mass is 9.92. The smallest absolute Gasteiger partial charge is 0.276 e. The van der Waals surface area contributed by atoms with Crippen molar-refractivity contribution in [1.29, 1.82) is 0 Å². The number of hydrogen-bond donors (Lipinski definition) is 2. The Labute approximate surface area is 173 Å². The summed E-state index contributed by atoms with van der Waals surface area (Å²) in [6, 6.07) is 19.6. The van der Waals surface area contributed by atoms with Gasteiger partial charge in [-0.1, -0.05) is 30.3 Å². The summed E-state index contributed by atoms with van der Waals surface area (Å²) in [5.74, 6) is 0.350. The van der Waals surface area contributed by atoms with E-state index < -0.39 is 5.66 Å². The Hall–Kier alpha value is -4.00. The van der Waals surface area contributed by atoms with Crippen LogP contribution in [0.25, 0.3) is 0 Å². The Kier molecular flexibility index (Phi) is 3.92. The molecule has 0 aromatic heterocycles. The minimum Gasteiger partial charge on any atom is -0.497 e. The molecule has 7 nitrogen and oxygen atoms in total. The van der Waals surface area contributed by atoms with Crippen LogP contribution in [0.3, 0.4) is 0 Å². The van der Waals surface area contributed by atoms with E-state index in [4.69, 9.17) is 9.47 Å². The first-order chi connectivity index (χ1) is 14.6. The molecule has 1 unspecified atom stereocenters. The van der Waals surface area contributed by atoms with Gasteiger partial charge in [0.1, 0.15) is 11.5 Å². The second-order valence-electron chi connectivity index (χ2n) is 7.06. The zero-order valence-corrected chi connectivity index (χ0v) is 16.4. The minimum atomic E-state index is -1.45. The van der Waals surface area contributed by atoms with Gasteiger partial charge in [-0.05, 0) is 30.3 Å². The molecule has 7 heteroatoms. The van der Waals surface area contributed by atoms with Crippen LogP contribution in [0.1, 0.15) is 15.9 Å². The van der Waals surface area contributed by atoms with E-state index in [1.54, 1.807) is 43.5 Å². The number of ether oxygens (including phenoxy) is 2. The van der Waals surface area contributed by atoms with E-state index >= 15 is 0 Å². The Morgan fingerprint density at radius 1 is 0.867 bits per heavy atom. The highest BCUT2D eigenvalue weighted by atomic mass is 16.5. The Morgan fingerprint density at radius 3 is 2.37 bits per heavy atom. The van der Waals surface area contributed by atoms with Crippen molar-refractivity contribution >= 4 is 28.9 Å². The van der Waals surface area contributed by atoms with Crippen molar-refractivity contribution in [2.24, 2.45) is 0 Å². The number of fused-ring (bicyclic) bond motifs is 3. The van der Waals surface area contributed by atoms with Gasteiger partial charge in [-0.2, -0.15) is 0 Å². The van der Waals surface area contributed by atoms with Crippen LogP contribution >= 0.6 is 0 Å². The summed E-state index contributed by atoms with van der Waals surface area (Å²) in [5.41, 5.74) is 1.38. The molecular weight excluding hydrogens is 382 g/mol. The highest BCUT2D eigenvalue weighted by Crippen LogP contribution is 2.49. The lowest BCUT2D eigenvalue weighted by Crippen LogP contribution is -2.61. The average molecular weight is 401 g/mol. The summed E-state index contributed by atoms with van der Waals surface area (Å²) in [7, 11) is 3.07. The first-order valence-corrected chi connectivity index (χ1v) is 9.45. The number of hydrogen-bond acceptors (Lipinski definition) is 5. The zero-order chi connectivity index (χ0) is 20.9. The largest absolute Gasteiger partial charge is 0.497 e. The monoisotopic (exact) mass is 401 g/mol. The molecule has 3 aromatic rings. The molecular formula is C23H19N3O4. The van der Waals surface area contributed by atoms with Crippen LogP contribution in [0, 0.1) is 0 Å². The summed E-state index contributed by atoms with van der Waals surface area (Å²) < 4.78 is 10.9. The first kappa shape index (κ1) is 18.1. The normalized spacial score (nSPS) is 19.1. The van der Waals surface area contributed by atoms with E-state index in [9.17, 15) is 9.59 Å². The molecule has 3 aromatic carbocycles. The van der Waals surface area contributed by atoms with Crippen LogP contribution in [0.4, 0.5) is 17.1 Å². The molecule has 2 amide bonds. The van der Waals surface area contributed by atoms with Crippen molar-refractivity contribution < 1.29 is 19.1 Å². The average Bonchev–Trinajstić information content (AvgIpc) is 3.05. The maximum Gasteiger partial charge on any atom is 0.276 e. The molecule has 0 saturated heterocycles. The van der Waals surface area contributed by atoms with E-state index in [0.29, 0.717) is 39.7 Å². The fourth-order valence-corrected chi connectivity index (χ4v) is 4.15. The first-order valence-electron chi connectivity index (χ1n) is 9.45. The number of rotatable bonds is 3. The van der Waals surface area contributed by atoms with Crippen molar-refractivity contribution in [3.8, 4) is 11.5 Å². The molecule has 2 aliphatic heterocycles. The predicted octanol–water partition coefficient (Wildman–Crippen LogP) is 3.58. The number of anilines is 3. The van der Waals surface area contributed by atoms with E-state index in [-0.39, 0.29) is 11.8 Å². The van der Waals surface area contributed by atoms with Gasteiger partial charge in [-0.25, -0.2) is 0 Å². The number of nitrogens with zero attached hydrogens (tertiary/aromatic N) is 1. The van der Waals surface area contributed by atoms with Gasteiger partial charge in [0.2, 0.25) is 5.66 Å². The zero-order valence-electron chi connectivity index (χ0n) is 16.4. The van der Waals surface area contributed by atoms with Gasteiger partial charge in [0.15, 0.2) is 0 Å². The van der Waals surface area contributed by atoms with E-state index in [1.165, 1.54) is 12.0 Å². The summed E-state index contributed by atoms with van der Waals surface area (Å²) in [6.07, 6.45) is 0. The maximum absolute atomic E-state index is 13.8. The quantitative estimate of drug-likeness (QED) is 0.701. The number of carbonyl (C=O) groups excluding carboxylic acids is 2. The number of para-hydroxylation sites is 2. The third-order valence-corrected chi connectivity index (χ3v) is 5.53. The van der Waals surface area contributed by atoms with Crippen LogP contribution in [0.15, 0.2) is 66.7 Å². The predicted molar refractivity (Wildman–Crippen MR) is 113 cm³/mol. The lowest BCUT2D eigenvalue weighted by molar-refractivity contribution is -0.119. The number of methoxy groups -OCH3 is 2. The van der Waals surface area contributed by atoms with E-state index in [0.717, 1.165) is 0 Å². The van der Waals surface area contributed by atoms with Gasteiger partial charge in [0, 0.05) is 23.0 Å². The molecule has 0 aliphatic carbocycles. The molecule has 1 atom stereocenters. The number of carbonyl (C=O) groups is 2. The number of nitrogens with one attached hydrogen (secondary N) is 2. The molecule has 5 rings (SSSR count). The molecule has 0 saturated carbocycles. The maximum atomic E-state index is 13.8. The Bertz CT molecular complexity index is 1190.